The molecule has 3 rings (SSSR count). The number of aromatic nitrogens is 3. The van der Waals surface area contributed by atoms with Gasteiger partial charge in [0.05, 0.1) is 16.3 Å². The summed E-state index contributed by atoms with van der Waals surface area (Å²) in [6, 6.07) is 11.3. The topological polar surface area (TPSA) is 156 Å². The van der Waals surface area contributed by atoms with Crippen LogP contribution in [0, 0.1) is 0 Å². The van der Waals surface area contributed by atoms with Crippen molar-refractivity contribution in [2.24, 2.45) is 16.0 Å². The second-order valence-electron chi connectivity index (χ2n) is 6.59. The number of hydrogen-bond donors (Lipinski definition) is 1. The van der Waals surface area contributed by atoms with Gasteiger partial charge in [0.15, 0.2) is 0 Å². The van der Waals surface area contributed by atoms with Crippen molar-refractivity contribution in [2.45, 2.75) is 13.0 Å². The van der Waals surface area contributed by atoms with E-state index in [9.17, 15) is 19.2 Å². The third kappa shape index (κ3) is 5.86. The van der Waals surface area contributed by atoms with E-state index in [4.69, 9.17) is 28.9 Å². The van der Waals surface area contributed by atoms with Crippen molar-refractivity contribution < 1.29 is 9.59 Å². The Hall–Kier alpha value is -3.92. The van der Waals surface area contributed by atoms with Gasteiger partial charge >= 0.3 is 11.6 Å². The van der Waals surface area contributed by atoms with Gasteiger partial charge in [-0.25, -0.2) is 9.36 Å². The van der Waals surface area contributed by atoms with E-state index in [0.717, 1.165) is 16.4 Å². The Morgan fingerprint density at radius 3 is 2.58 bits per heavy atom. The molecule has 0 atom stereocenters. The first-order valence-electron chi connectivity index (χ1n) is 9.40. The highest BCUT2D eigenvalue weighted by atomic mass is 35.5. The maximum absolute atomic E-state index is 12.5. The molecule has 33 heavy (non-hydrogen) atoms. The average molecular weight is 489 g/mol. The van der Waals surface area contributed by atoms with Gasteiger partial charge in [-0.15, -0.1) is 0 Å². The number of benzene rings is 2. The van der Waals surface area contributed by atoms with Gasteiger partial charge in [-0.05, 0) is 29.8 Å². The fourth-order valence-corrected chi connectivity index (χ4v) is 3.19. The van der Waals surface area contributed by atoms with E-state index in [-0.39, 0.29) is 22.8 Å². The Bertz CT molecular complexity index is 1410. The Labute approximate surface area is 195 Å². The van der Waals surface area contributed by atoms with E-state index < -0.39 is 29.6 Å². The summed E-state index contributed by atoms with van der Waals surface area (Å²) in [6.07, 6.45) is 1.36. The minimum atomic E-state index is -0.918. The van der Waals surface area contributed by atoms with Crippen molar-refractivity contribution in [1.29, 1.82) is 0 Å². The Morgan fingerprint density at radius 1 is 1.09 bits per heavy atom. The molecule has 0 spiro atoms. The molecule has 2 N–H and O–H groups in total. The van der Waals surface area contributed by atoms with Crippen molar-refractivity contribution in [1.82, 2.24) is 19.3 Å². The van der Waals surface area contributed by atoms with E-state index in [2.05, 4.69) is 20.2 Å². The van der Waals surface area contributed by atoms with Crippen LogP contribution in [0.15, 0.2) is 68.5 Å². The molecule has 0 aliphatic carbocycles. The van der Waals surface area contributed by atoms with Crippen molar-refractivity contribution in [2.75, 3.05) is 6.54 Å². The van der Waals surface area contributed by atoms with Crippen LogP contribution in [0.2, 0.25) is 10.0 Å². The molecular weight excluding hydrogens is 473 g/mol. The third-order valence-electron chi connectivity index (χ3n) is 4.34. The molecule has 0 aliphatic rings. The van der Waals surface area contributed by atoms with Crippen molar-refractivity contribution >= 4 is 35.0 Å². The van der Waals surface area contributed by atoms with Crippen LogP contribution in [0.25, 0.3) is 5.69 Å². The summed E-state index contributed by atoms with van der Waals surface area (Å²) in [5.41, 5.74) is 4.28. The molecule has 2 amide bonds. The summed E-state index contributed by atoms with van der Waals surface area (Å²) in [6.45, 7) is -0.363. The molecule has 0 radical (unpaired) electrons. The van der Waals surface area contributed by atoms with Gasteiger partial charge in [0.2, 0.25) is 15.9 Å². The highest BCUT2D eigenvalue weighted by molar-refractivity contribution is 6.34. The van der Waals surface area contributed by atoms with E-state index in [0.29, 0.717) is 16.0 Å². The lowest BCUT2D eigenvalue weighted by atomic mass is 10.1. The fourth-order valence-electron chi connectivity index (χ4n) is 2.76. The maximum Gasteiger partial charge on any atom is 0.362 e. The number of amides is 2. The SMILES string of the molecule is NC(=O)Cn1c(=O)cnn(-c2ccc(Cl)c(C(=O)N=[N+]=NCCc3ccccc3Cl)c2)c1=O. The van der Waals surface area contributed by atoms with Crippen LogP contribution in [-0.4, -0.2) is 32.7 Å². The predicted molar refractivity (Wildman–Crippen MR) is 120 cm³/mol. The van der Waals surface area contributed by atoms with Gasteiger partial charge < -0.3 is 5.73 Å². The average Bonchev–Trinajstić information content (AvgIpc) is 2.78. The first-order chi connectivity index (χ1) is 15.8. The zero-order valence-electron chi connectivity index (χ0n) is 16.9. The zero-order chi connectivity index (χ0) is 24.0. The fraction of sp³-hybridized carbons (Fsp3) is 0.150. The van der Waals surface area contributed by atoms with Crippen LogP contribution in [0.4, 0.5) is 0 Å². The molecule has 11 nitrogen and oxygen atoms in total. The van der Waals surface area contributed by atoms with Gasteiger partial charge in [-0.3, -0.25) is 14.4 Å². The van der Waals surface area contributed by atoms with Gasteiger partial charge in [0.1, 0.15) is 24.4 Å². The monoisotopic (exact) mass is 488 g/mol. The number of rotatable bonds is 7. The number of primary amides is 1. The van der Waals surface area contributed by atoms with E-state index in [1.807, 2.05) is 18.2 Å². The quantitative estimate of drug-likeness (QED) is 0.394. The number of nitrogens with zero attached hydrogens (tertiary/aromatic N) is 6. The number of nitrogens with two attached hydrogens (primary N) is 1. The molecule has 1 aromatic heterocycles. The van der Waals surface area contributed by atoms with E-state index in [1.165, 1.54) is 18.2 Å². The van der Waals surface area contributed by atoms with Crippen molar-refractivity contribution in [3.05, 3.63) is 90.7 Å². The van der Waals surface area contributed by atoms with Crippen LogP contribution in [0.1, 0.15) is 15.9 Å². The lowest BCUT2D eigenvalue weighted by Gasteiger charge is -2.08. The predicted octanol–water partition coefficient (Wildman–Crippen LogP) is 1.54. The van der Waals surface area contributed by atoms with Crippen LogP contribution in [-0.2, 0) is 17.8 Å². The summed E-state index contributed by atoms with van der Waals surface area (Å²) in [5, 5.41) is 11.8. The largest absolute Gasteiger partial charge is 0.368 e. The molecule has 0 fully saturated rings. The number of carbonyl (C=O) groups excluding carboxylic acids is 2. The minimum Gasteiger partial charge on any atom is -0.368 e. The summed E-state index contributed by atoms with van der Waals surface area (Å²) in [4.78, 5) is 51.5. The standard InChI is InChI=1S/C20H15Cl2N7O4/c21-15-4-2-1-3-12(15)7-8-24-27-26-19(32)14-9-13(5-6-16(14)22)29-20(33)28(11-17(23)30)18(31)10-25-29/h1-6,9-10H,7-8,11H2,(H-,23,30)/p+1. The normalized spacial score (nSPS) is 10.4. The molecule has 168 valence electrons. The Balaban J connectivity index is 1.83. The summed E-state index contributed by atoms with van der Waals surface area (Å²) in [5.74, 6) is -1.68. The van der Waals surface area contributed by atoms with Gasteiger partial charge in [-0.1, -0.05) is 41.4 Å². The molecule has 1 heterocycles. The number of halogens is 2. The Morgan fingerprint density at radius 2 is 1.85 bits per heavy atom. The second-order valence-corrected chi connectivity index (χ2v) is 7.41. The first kappa shape index (κ1) is 23.7. The minimum absolute atomic E-state index is 0.0530. The van der Waals surface area contributed by atoms with Crippen LogP contribution in [0.5, 0.6) is 0 Å². The van der Waals surface area contributed by atoms with Crippen LogP contribution < -0.4 is 21.9 Å². The maximum atomic E-state index is 12.5. The van der Waals surface area contributed by atoms with Crippen LogP contribution >= 0.6 is 23.2 Å². The number of hydrogen-bond acceptors (Lipinski definition) is 6. The summed E-state index contributed by atoms with van der Waals surface area (Å²) in [7, 11) is 0. The third-order valence-corrected chi connectivity index (χ3v) is 5.04. The summed E-state index contributed by atoms with van der Waals surface area (Å²) < 4.78 is 1.44. The number of carbonyl (C=O) groups is 2. The first-order valence-corrected chi connectivity index (χ1v) is 10.2. The van der Waals surface area contributed by atoms with Crippen LogP contribution in [0.3, 0.4) is 0 Å². The lowest BCUT2D eigenvalue weighted by molar-refractivity contribution is -0.118. The molecular formula is C20H16Cl2N7O4+. The van der Waals surface area contributed by atoms with Crippen molar-refractivity contribution in [3.63, 3.8) is 0 Å². The molecule has 3 aromatic rings. The zero-order valence-corrected chi connectivity index (χ0v) is 18.4. The van der Waals surface area contributed by atoms with Gasteiger partial charge in [-0.2, -0.15) is 9.78 Å². The van der Waals surface area contributed by atoms with Gasteiger partial charge in [0, 0.05) is 11.4 Å². The molecule has 0 bridgehead atoms. The highest BCUT2D eigenvalue weighted by Gasteiger charge is 2.18. The second kappa shape index (κ2) is 10.6. The molecule has 13 heteroatoms. The Kier molecular flexibility index (Phi) is 7.62. The van der Waals surface area contributed by atoms with E-state index >= 15 is 0 Å². The van der Waals surface area contributed by atoms with Gasteiger partial charge in [0.25, 0.3) is 5.56 Å². The molecule has 0 saturated heterocycles. The lowest BCUT2D eigenvalue weighted by Crippen LogP contribution is -2.43. The molecule has 0 aliphatic heterocycles. The van der Waals surface area contributed by atoms with E-state index in [1.54, 1.807) is 6.07 Å². The van der Waals surface area contributed by atoms with Crippen molar-refractivity contribution in [3.8, 4) is 5.69 Å². The summed E-state index contributed by atoms with van der Waals surface area (Å²) >= 11 is 12.2. The molecule has 0 saturated carbocycles. The molecule has 2 aromatic carbocycles. The highest BCUT2D eigenvalue weighted by Crippen LogP contribution is 2.20. The molecule has 0 unspecified atom stereocenters. The smallest absolute Gasteiger partial charge is 0.362 e.